The lowest BCUT2D eigenvalue weighted by Crippen LogP contribution is -2.19. The number of nitrogens with zero attached hydrogens (tertiary/aromatic N) is 3. The highest BCUT2D eigenvalue weighted by Crippen LogP contribution is 2.26. The van der Waals surface area contributed by atoms with Gasteiger partial charge in [-0.05, 0) is 38.1 Å². The van der Waals surface area contributed by atoms with Crippen LogP contribution < -0.4 is 5.56 Å². The quantitative estimate of drug-likeness (QED) is 0.782. The first kappa shape index (κ1) is 16.0. The monoisotopic (exact) mass is 336 g/mol. The number of hydrogen-bond acceptors (Lipinski definition) is 3. The predicted molar refractivity (Wildman–Crippen MR) is 90.6 cm³/mol. The number of H-pyrrole nitrogens is 1. The second-order valence-electron chi connectivity index (χ2n) is 5.92. The first-order chi connectivity index (χ1) is 10.6. The molecule has 0 bridgehead atoms. The van der Waals surface area contributed by atoms with Crippen LogP contribution in [-0.2, 0) is 13.6 Å². The summed E-state index contributed by atoms with van der Waals surface area (Å²) in [6.07, 6.45) is 2.43. The summed E-state index contributed by atoms with van der Waals surface area (Å²) in [5.74, 6) is -0.401. The number of likely N-dealkylation sites (tertiary alicyclic amines) is 1. The molecule has 0 amide bonds. The van der Waals surface area contributed by atoms with Crippen LogP contribution in [0.4, 0.5) is 4.39 Å². The minimum absolute atomic E-state index is 0. The van der Waals surface area contributed by atoms with Crippen molar-refractivity contribution >= 4 is 34.2 Å². The van der Waals surface area contributed by atoms with E-state index in [0.29, 0.717) is 11.0 Å². The van der Waals surface area contributed by atoms with E-state index in [-0.39, 0.29) is 18.0 Å². The first-order valence-corrected chi connectivity index (χ1v) is 7.53. The van der Waals surface area contributed by atoms with Gasteiger partial charge < -0.3 is 4.98 Å². The molecule has 0 atom stereocenters. The number of aromatic nitrogens is 3. The molecule has 1 aromatic carbocycles. The summed E-state index contributed by atoms with van der Waals surface area (Å²) < 4.78 is 15.2. The van der Waals surface area contributed by atoms with E-state index >= 15 is 0 Å². The third-order valence-electron chi connectivity index (χ3n) is 4.42. The molecule has 3 heterocycles. The number of pyridine rings is 1. The van der Waals surface area contributed by atoms with Crippen LogP contribution in [-0.4, -0.2) is 32.8 Å². The molecule has 0 radical (unpaired) electrons. The molecular weight excluding hydrogens is 319 g/mol. The van der Waals surface area contributed by atoms with Crippen molar-refractivity contribution in [3.8, 4) is 0 Å². The zero-order valence-corrected chi connectivity index (χ0v) is 13.6. The number of rotatable bonds is 2. The highest BCUT2D eigenvalue weighted by atomic mass is 35.5. The van der Waals surface area contributed by atoms with Gasteiger partial charge in [0, 0.05) is 24.4 Å². The number of benzene rings is 1. The summed E-state index contributed by atoms with van der Waals surface area (Å²) in [6, 6.07) is 4.37. The van der Waals surface area contributed by atoms with Crippen LogP contribution in [0.15, 0.2) is 23.0 Å². The van der Waals surface area contributed by atoms with Crippen molar-refractivity contribution in [1.82, 2.24) is 19.7 Å². The Morgan fingerprint density at radius 2 is 2.00 bits per heavy atom. The maximum absolute atomic E-state index is 13.5. The Morgan fingerprint density at radius 1 is 1.26 bits per heavy atom. The topological polar surface area (TPSA) is 53.9 Å². The normalized spacial score (nSPS) is 15.4. The maximum atomic E-state index is 13.5. The van der Waals surface area contributed by atoms with Crippen molar-refractivity contribution in [2.45, 2.75) is 19.4 Å². The van der Waals surface area contributed by atoms with Crippen LogP contribution in [0.25, 0.3) is 21.8 Å². The third kappa shape index (κ3) is 2.62. The van der Waals surface area contributed by atoms with Crippen LogP contribution >= 0.6 is 12.4 Å². The number of halogens is 2. The molecule has 1 saturated heterocycles. The van der Waals surface area contributed by atoms with E-state index in [1.165, 1.54) is 25.0 Å². The van der Waals surface area contributed by atoms with E-state index in [1.54, 1.807) is 10.7 Å². The zero-order valence-electron chi connectivity index (χ0n) is 12.8. The zero-order chi connectivity index (χ0) is 15.3. The molecule has 1 aliphatic rings. The lowest BCUT2D eigenvalue weighted by molar-refractivity contribution is 0.327. The maximum Gasteiger partial charge on any atom is 0.257 e. The molecule has 0 unspecified atom stereocenters. The van der Waals surface area contributed by atoms with Gasteiger partial charge >= 0.3 is 0 Å². The van der Waals surface area contributed by atoms with Crippen molar-refractivity contribution < 1.29 is 4.39 Å². The fourth-order valence-corrected chi connectivity index (χ4v) is 3.37. The van der Waals surface area contributed by atoms with Crippen LogP contribution in [0.2, 0.25) is 0 Å². The Bertz CT molecular complexity index is 927. The summed E-state index contributed by atoms with van der Waals surface area (Å²) in [4.78, 5) is 17.4. The molecule has 2 aromatic heterocycles. The molecule has 3 aromatic rings. The molecule has 0 saturated carbocycles. The second-order valence-corrected chi connectivity index (χ2v) is 5.92. The van der Waals surface area contributed by atoms with Gasteiger partial charge in [0.2, 0.25) is 0 Å². The Morgan fingerprint density at radius 3 is 2.74 bits per heavy atom. The molecule has 1 N–H and O–H groups in total. The van der Waals surface area contributed by atoms with E-state index < -0.39 is 5.82 Å². The predicted octanol–water partition coefficient (Wildman–Crippen LogP) is 2.57. The van der Waals surface area contributed by atoms with Crippen LogP contribution in [0.1, 0.15) is 18.5 Å². The largest absolute Gasteiger partial charge is 0.306 e. The van der Waals surface area contributed by atoms with Gasteiger partial charge in [-0.1, -0.05) is 6.07 Å². The van der Waals surface area contributed by atoms with Gasteiger partial charge in [-0.25, -0.2) is 4.39 Å². The van der Waals surface area contributed by atoms with Crippen LogP contribution in [0.3, 0.4) is 0 Å². The Labute approximate surface area is 138 Å². The number of hydrogen-bond donors (Lipinski definition) is 1. The molecule has 1 fully saturated rings. The molecule has 122 valence electrons. The minimum Gasteiger partial charge on any atom is -0.306 e. The second kappa shape index (κ2) is 5.94. The summed E-state index contributed by atoms with van der Waals surface area (Å²) in [6.45, 7) is 2.91. The van der Waals surface area contributed by atoms with E-state index in [1.807, 2.05) is 7.05 Å². The number of fused-ring (bicyclic) bond motifs is 3. The van der Waals surface area contributed by atoms with Crippen molar-refractivity contribution in [2.75, 3.05) is 13.1 Å². The summed E-state index contributed by atoms with van der Waals surface area (Å²) >= 11 is 0. The summed E-state index contributed by atoms with van der Waals surface area (Å²) in [5, 5.41) is 6.64. The standard InChI is InChI=1S/C16H17FN4O.ClH/c1-20-15-14(13(19-20)9-21-6-2-3-7-21)11-5-4-10(17)8-12(11)16(22)18-15;/h4-5,8H,2-3,6-7,9H2,1H3,(H,18,22);1H. The number of nitrogens with one attached hydrogen (secondary N) is 1. The van der Waals surface area contributed by atoms with Gasteiger partial charge in [0.1, 0.15) is 11.5 Å². The average molecular weight is 337 g/mol. The summed E-state index contributed by atoms with van der Waals surface area (Å²) in [5.41, 5.74) is 1.35. The third-order valence-corrected chi connectivity index (χ3v) is 4.42. The van der Waals surface area contributed by atoms with Crippen LogP contribution in [0, 0.1) is 5.82 Å². The SMILES string of the molecule is Cl.Cn1nc(CN2CCCC2)c2c3ccc(F)cc3c(=O)[nH]c21. The van der Waals surface area contributed by atoms with Crippen molar-refractivity contribution in [2.24, 2.45) is 7.05 Å². The van der Waals surface area contributed by atoms with E-state index in [0.717, 1.165) is 36.1 Å². The average Bonchev–Trinajstić information content (AvgIpc) is 3.09. The van der Waals surface area contributed by atoms with Crippen molar-refractivity contribution in [3.63, 3.8) is 0 Å². The van der Waals surface area contributed by atoms with Gasteiger partial charge in [-0.15, -0.1) is 12.4 Å². The lowest BCUT2D eigenvalue weighted by Gasteiger charge is -2.12. The molecule has 4 rings (SSSR count). The smallest absolute Gasteiger partial charge is 0.257 e. The van der Waals surface area contributed by atoms with Gasteiger partial charge in [-0.2, -0.15) is 5.10 Å². The first-order valence-electron chi connectivity index (χ1n) is 7.53. The van der Waals surface area contributed by atoms with Crippen LogP contribution in [0.5, 0.6) is 0 Å². The van der Waals surface area contributed by atoms with E-state index in [9.17, 15) is 9.18 Å². The molecule has 5 nitrogen and oxygen atoms in total. The fourth-order valence-electron chi connectivity index (χ4n) is 3.37. The molecule has 0 spiro atoms. The molecule has 1 aliphatic heterocycles. The Hall–Kier alpha value is -1.92. The van der Waals surface area contributed by atoms with Gasteiger partial charge in [0.25, 0.3) is 5.56 Å². The molecule has 0 aliphatic carbocycles. The van der Waals surface area contributed by atoms with Crippen molar-refractivity contribution in [1.29, 1.82) is 0 Å². The number of aromatic amines is 1. The minimum atomic E-state index is -0.401. The number of aryl methyl sites for hydroxylation is 1. The highest BCUT2D eigenvalue weighted by molar-refractivity contribution is 6.05. The fraction of sp³-hybridized carbons (Fsp3) is 0.375. The Balaban J connectivity index is 0.00000156. The van der Waals surface area contributed by atoms with Crippen molar-refractivity contribution in [3.05, 3.63) is 40.1 Å². The lowest BCUT2D eigenvalue weighted by atomic mass is 10.1. The van der Waals surface area contributed by atoms with Gasteiger partial charge in [0.05, 0.1) is 11.1 Å². The Kier molecular flexibility index (Phi) is 4.12. The van der Waals surface area contributed by atoms with Gasteiger partial charge in [-0.3, -0.25) is 14.4 Å². The highest BCUT2D eigenvalue weighted by Gasteiger charge is 2.19. The molecular formula is C16H18ClFN4O. The van der Waals surface area contributed by atoms with Gasteiger partial charge in [0.15, 0.2) is 0 Å². The molecule has 7 heteroatoms. The van der Waals surface area contributed by atoms with E-state index in [4.69, 9.17) is 0 Å². The summed E-state index contributed by atoms with van der Waals surface area (Å²) in [7, 11) is 1.82. The molecule has 23 heavy (non-hydrogen) atoms. The van der Waals surface area contributed by atoms with E-state index in [2.05, 4.69) is 15.0 Å².